The molecule has 1 aliphatic heterocycles. The highest BCUT2D eigenvalue weighted by Crippen LogP contribution is 2.23. The minimum absolute atomic E-state index is 0.280. The van der Waals surface area contributed by atoms with Crippen molar-refractivity contribution in [3.05, 3.63) is 22.8 Å². The number of hydrogen-bond donors (Lipinski definition) is 1. The average molecular weight is 207 g/mol. The second-order valence-electron chi connectivity index (χ2n) is 4.02. The Kier molecular flexibility index (Phi) is 2.98. The molecule has 1 aliphatic rings. The van der Waals surface area contributed by atoms with Crippen LogP contribution in [0.1, 0.15) is 35.6 Å². The van der Waals surface area contributed by atoms with Crippen molar-refractivity contribution in [1.29, 1.82) is 0 Å². The molecule has 0 spiro atoms. The van der Waals surface area contributed by atoms with E-state index >= 15 is 0 Å². The number of hydrogen-bond acceptors (Lipinski definition) is 4. The highest BCUT2D eigenvalue weighted by atomic mass is 16.5. The van der Waals surface area contributed by atoms with Gasteiger partial charge in [0.2, 0.25) is 0 Å². The molecular weight excluding hydrogens is 190 g/mol. The van der Waals surface area contributed by atoms with Crippen molar-refractivity contribution >= 4 is 0 Å². The fourth-order valence-electron chi connectivity index (χ4n) is 1.90. The minimum atomic E-state index is 0.280. The highest BCUT2D eigenvalue weighted by molar-refractivity contribution is 5.29. The molecule has 0 radical (unpaired) electrons. The lowest BCUT2D eigenvalue weighted by molar-refractivity contribution is 0.107. The molecule has 0 amide bonds. The number of ether oxygens (including phenoxy) is 1. The van der Waals surface area contributed by atoms with E-state index in [1.54, 1.807) is 0 Å². The van der Waals surface area contributed by atoms with Gasteiger partial charge in [0.05, 0.1) is 24.6 Å². The summed E-state index contributed by atoms with van der Waals surface area (Å²) in [6.45, 7) is 6.04. The molecule has 15 heavy (non-hydrogen) atoms. The smallest absolute Gasteiger partial charge is 0.125 e. The number of fused-ring (bicyclic) bond motifs is 1. The third-order valence-corrected chi connectivity index (χ3v) is 2.79. The summed E-state index contributed by atoms with van der Waals surface area (Å²) in [5.74, 6) is 1.12. The molecule has 2 heterocycles. The molecule has 0 aliphatic carbocycles. The second-order valence-corrected chi connectivity index (χ2v) is 4.02. The fourth-order valence-corrected chi connectivity index (χ4v) is 1.90. The summed E-state index contributed by atoms with van der Waals surface area (Å²) in [6, 6.07) is 0. The van der Waals surface area contributed by atoms with Crippen molar-refractivity contribution in [3.63, 3.8) is 0 Å². The standard InChI is InChI=1S/C11H17N3O/c1-7(5-12)11-9-6-15-4-3-10(9)13-8(2)14-11/h7H,3-6,12H2,1-2H3. The molecule has 1 aromatic rings. The van der Waals surface area contributed by atoms with Gasteiger partial charge in [-0.15, -0.1) is 0 Å². The molecule has 0 saturated heterocycles. The van der Waals surface area contributed by atoms with Gasteiger partial charge in [-0.3, -0.25) is 0 Å². The first-order valence-electron chi connectivity index (χ1n) is 5.36. The molecule has 0 bridgehead atoms. The summed E-state index contributed by atoms with van der Waals surface area (Å²) in [7, 11) is 0. The molecule has 4 heteroatoms. The monoisotopic (exact) mass is 207 g/mol. The number of aryl methyl sites for hydroxylation is 1. The Morgan fingerprint density at radius 3 is 3.00 bits per heavy atom. The van der Waals surface area contributed by atoms with Gasteiger partial charge in [-0.05, 0) is 6.92 Å². The Hall–Kier alpha value is -1.00. The van der Waals surface area contributed by atoms with Gasteiger partial charge in [-0.2, -0.15) is 0 Å². The van der Waals surface area contributed by atoms with Crippen molar-refractivity contribution < 1.29 is 4.74 Å². The summed E-state index contributed by atoms with van der Waals surface area (Å²) in [4.78, 5) is 8.95. The molecule has 0 fully saturated rings. The van der Waals surface area contributed by atoms with Gasteiger partial charge in [0.1, 0.15) is 5.82 Å². The normalized spacial score (nSPS) is 17.3. The van der Waals surface area contributed by atoms with E-state index in [0.29, 0.717) is 13.2 Å². The summed E-state index contributed by atoms with van der Waals surface area (Å²) in [6.07, 6.45) is 0.892. The van der Waals surface area contributed by atoms with Crippen LogP contribution in [0, 0.1) is 6.92 Å². The molecule has 0 aromatic carbocycles. The number of nitrogens with zero attached hydrogens (tertiary/aromatic N) is 2. The van der Waals surface area contributed by atoms with Crippen LogP contribution < -0.4 is 5.73 Å². The van der Waals surface area contributed by atoms with Crippen molar-refractivity contribution in [2.45, 2.75) is 32.8 Å². The van der Waals surface area contributed by atoms with Crippen LogP contribution in [-0.2, 0) is 17.8 Å². The van der Waals surface area contributed by atoms with Gasteiger partial charge in [-0.25, -0.2) is 9.97 Å². The van der Waals surface area contributed by atoms with Crippen LogP contribution in [0.25, 0.3) is 0 Å². The Morgan fingerprint density at radius 2 is 2.27 bits per heavy atom. The number of rotatable bonds is 2. The molecule has 4 nitrogen and oxygen atoms in total. The van der Waals surface area contributed by atoms with E-state index in [0.717, 1.165) is 35.8 Å². The SMILES string of the molecule is Cc1nc2c(c(C(C)CN)n1)COCC2. The van der Waals surface area contributed by atoms with Crippen LogP contribution in [0.15, 0.2) is 0 Å². The van der Waals surface area contributed by atoms with Crippen LogP contribution in [0.2, 0.25) is 0 Å². The average Bonchev–Trinajstić information content (AvgIpc) is 2.26. The molecule has 2 N–H and O–H groups in total. The molecular formula is C11H17N3O. The highest BCUT2D eigenvalue weighted by Gasteiger charge is 2.19. The first-order chi connectivity index (χ1) is 7.22. The van der Waals surface area contributed by atoms with Crippen LogP contribution in [0.4, 0.5) is 0 Å². The predicted molar refractivity (Wildman–Crippen MR) is 57.6 cm³/mol. The lowest BCUT2D eigenvalue weighted by Gasteiger charge is -2.21. The van der Waals surface area contributed by atoms with E-state index in [9.17, 15) is 0 Å². The van der Waals surface area contributed by atoms with Crippen molar-refractivity contribution in [2.24, 2.45) is 5.73 Å². The Morgan fingerprint density at radius 1 is 1.47 bits per heavy atom. The molecule has 82 valence electrons. The van der Waals surface area contributed by atoms with Gasteiger partial charge in [0.25, 0.3) is 0 Å². The van der Waals surface area contributed by atoms with Gasteiger partial charge in [-0.1, -0.05) is 6.92 Å². The van der Waals surface area contributed by atoms with Gasteiger partial charge in [0, 0.05) is 24.4 Å². The van der Waals surface area contributed by atoms with E-state index < -0.39 is 0 Å². The lowest BCUT2D eigenvalue weighted by Crippen LogP contribution is -2.20. The third-order valence-electron chi connectivity index (χ3n) is 2.79. The molecule has 1 atom stereocenters. The van der Waals surface area contributed by atoms with Gasteiger partial charge < -0.3 is 10.5 Å². The largest absolute Gasteiger partial charge is 0.376 e. The summed E-state index contributed by atoms with van der Waals surface area (Å²) >= 11 is 0. The Balaban J connectivity index is 2.47. The maximum Gasteiger partial charge on any atom is 0.125 e. The van der Waals surface area contributed by atoms with Crippen molar-refractivity contribution in [1.82, 2.24) is 9.97 Å². The van der Waals surface area contributed by atoms with Crippen LogP contribution >= 0.6 is 0 Å². The second kappa shape index (κ2) is 4.24. The molecule has 0 saturated carbocycles. The Bertz CT molecular complexity index is 365. The van der Waals surface area contributed by atoms with Gasteiger partial charge in [0.15, 0.2) is 0 Å². The fraction of sp³-hybridized carbons (Fsp3) is 0.636. The molecule has 1 unspecified atom stereocenters. The zero-order chi connectivity index (χ0) is 10.8. The maximum atomic E-state index is 5.69. The third kappa shape index (κ3) is 2.01. The lowest BCUT2D eigenvalue weighted by atomic mass is 9.99. The van der Waals surface area contributed by atoms with E-state index in [4.69, 9.17) is 10.5 Å². The first-order valence-corrected chi connectivity index (χ1v) is 5.36. The first kappa shape index (κ1) is 10.5. The van der Waals surface area contributed by atoms with Crippen LogP contribution in [0.3, 0.4) is 0 Å². The van der Waals surface area contributed by atoms with Gasteiger partial charge >= 0.3 is 0 Å². The number of nitrogens with two attached hydrogens (primary N) is 1. The van der Waals surface area contributed by atoms with E-state index in [-0.39, 0.29) is 5.92 Å². The maximum absolute atomic E-state index is 5.69. The zero-order valence-electron chi connectivity index (χ0n) is 9.29. The summed E-state index contributed by atoms with van der Waals surface area (Å²) in [5.41, 5.74) is 9.06. The predicted octanol–water partition coefficient (Wildman–Crippen LogP) is 0.920. The van der Waals surface area contributed by atoms with E-state index in [1.165, 1.54) is 0 Å². The zero-order valence-corrected chi connectivity index (χ0v) is 9.29. The summed E-state index contributed by atoms with van der Waals surface area (Å²) < 4.78 is 5.45. The summed E-state index contributed by atoms with van der Waals surface area (Å²) in [5, 5.41) is 0. The minimum Gasteiger partial charge on any atom is -0.376 e. The molecule has 1 aromatic heterocycles. The number of aromatic nitrogens is 2. The van der Waals surface area contributed by atoms with Crippen LogP contribution in [-0.4, -0.2) is 23.1 Å². The van der Waals surface area contributed by atoms with E-state index in [1.807, 2.05) is 6.92 Å². The quantitative estimate of drug-likeness (QED) is 0.783. The topological polar surface area (TPSA) is 61.0 Å². The van der Waals surface area contributed by atoms with E-state index in [2.05, 4.69) is 16.9 Å². The van der Waals surface area contributed by atoms with Crippen molar-refractivity contribution in [2.75, 3.05) is 13.2 Å². The Labute approximate surface area is 89.9 Å². The van der Waals surface area contributed by atoms with Crippen molar-refractivity contribution in [3.8, 4) is 0 Å². The molecule has 2 rings (SSSR count). The van der Waals surface area contributed by atoms with Crippen LogP contribution in [0.5, 0.6) is 0 Å².